The van der Waals surface area contributed by atoms with Gasteiger partial charge >= 0.3 is 0 Å². The standard InChI is InChI=1S/C14H20ClN3O.HI/c15-12-4-6-13(7-5-12)19-11-8-17-14(16)18-9-2-1-3-10-18;/h4-7H,1-3,8-11H2,(H2,16,17);1H. The molecule has 2 rings (SSSR count). The summed E-state index contributed by atoms with van der Waals surface area (Å²) in [5, 5.41) is 0.708. The second-order valence-electron chi connectivity index (χ2n) is 4.59. The Morgan fingerprint density at radius 1 is 1.20 bits per heavy atom. The highest BCUT2D eigenvalue weighted by Gasteiger charge is 2.11. The summed E-state index contributed by atoms with van der Waals surface area (Å²) in [6.45, 7) is 3.14. The molecule has 1 aromatic carbocycles. The zero-order valence-electron chi connectivity index (χ0n) is 11.4. The van der Waals surface area contributed by atoms with Crippen LogP contribution in [0.15, 0.2) is 29.3 Å². The molecule has 0 saturated carbocycles. The number of guanidine groups is 1. The molecule has 0 radical (unpaired) electrons. The SMILES string of the molecule is I.NC(=NCCOc1ccc(Cl)cc1)N1CCCCC1. The van der Waals surface area contributed by atoms with Gasteiger partial charge in [-0.2, -0.15) is 0 Å². The molecule has 2 N–H and O–H groups in total. The number of nitrogens with two attached hydrogens (primary N) is 1. The Hall–Kier alpha value is -0.690. The number of rotatable bonds is 4. The number of likely N-dealkylation sites (tertiary alicyclic amines) is 1. The molecule has 0 spiro atoms. The third kappa shape index (κ3) is 5.75. The van der Waals surface area contributed by atoms with Gasteiger partial charge in [-0.3, -0.25) is 0 Å². The molecule has 0 amide bonds. The summed E-state index contributed by atoms with van der Waals surface area (Å²) < 4.78 is 5.56. The molecule has 1 saturated heterocycles. The number of piperidine rings is 1. The normalized spacial score (nSPS) is 15.7. The quantitative estimate of drug-likeness (QED) is 0.360. The van der Waals surface area contributed by atoms with E-state index in [4.69, 9.17) is 22.1 Å². The number of aliphatic imine (C=N–C) groups is 1. The molecule has 1 fully saturated rings. The average molecular weight is 410 g/mol. The van der Waals surface area contributed by atoms with E-state index in [1.54, 1.807) is 0 Å². The van der Waals surface area contributed by atoms with E-state index in [0.717, 1.165) is 18.8 Å². The highest BCUT2D eigenvalue weighted by atomic mass is 127. The van der Waals surface area contributed by atoms with E-state index in [2.05, 4.69) is 9.89 Å². The molecule has 1 aromatic rings. The fourth-order valence-corrected chi connectivity index (χ4v) is 2.20. The van der Waals surface area contributed by atoms with Crippen molar-refractivity contribution >= 4 is 41.5 Å². The van der Waals surface area contributed by atoms with Crippen LogP contribution in [-0.4, -0.2) is 37.1 Å². The molecule has 20 heavy (non-hydrogen) atoms. The first-order valence-corrected chi connectivity index (χ1v) is 7.07. The first-order valence-electron chi connectivity index (χ1n) is 6.69. The molecule has 0 bridgehead atoms. The third-order valence-electron chi connectivity index (χ3n) is 3.13. The van der Waals surface area contributed by atoms with Gasteiger partial charge in [0, 0.05) is 18.1 Å². The zero-order chi connectivity index (χ0) is 13.5. The molecule has 1 aliphatic heterocycles. The van der Waals surface area contributed by atoms with Gasteiger partial charge in [0.15, 0.2) is 5.96 Å². The number of ether oxygens (including phenoxy) is 1. The first kappa shape index (κ1) is 17.4. The number of nitrogens with zero attached hydrogens (tertiary/aromatic N) is 2. The minimum atomic E-state index is 0. The lowest BCUT2D eigenvalue weighted by atomic mass is 10.1. The summed E-state index contributed by atoms with van der Waals surface area (Å²) in [4.78, 5) is 6.49. The fourth-order valence-electron chi connectivity index (χ4n) is 2.08. The van der Waals surface area contributed by atoms with Gasteiger partial charge < -0.3 is 15.4 Å². The molecule has 0 aromatic heterocycles. The van der Waals surface area contributed by atoms with Gasteiger partial charge in [0.05, 0.1) is 6.54 Å². The molecule has 4 nitrogen and oxygen atoms in total. The summed E-state index contributed by atoms with van der Waals surface area (Å²) in [5.41, 5.74) is 5.95. The van der Waals surface area contributed by atoms with Crippen LogP contribution in [0.5, 0.6) is 5.75 Å². The minimum Gasteiger partial charge on any atom is -0.492 e. The summed E-state index contributed by atoms with van der Waals surface area (Å²) in [5.74, 6) is 1.44. The smallest absolute Gasteiger partial charge is 0.191 e. The average Bonchev–Trinajstić information content (AvgIpc) is 2.46. The van der Waals surface area contributed by atoms with Gasteiger partial charge in [0.2, 0.25) is 0 Å². The Kier molecular flexibility index (Phi) is 8.06. The lowest BCUT2D eigenvalue weighted by Crippen LogP contribution is -2.41. The van der Waals surface area contributed by atoms with E-state index in [1.807, 2.05) is 24.3 Å². The predicted octanol–water partition coefficient (Wildman–Crippen LogP) is 3.14. The number of benzene rings is 1. The molecule has 1 heterocycles. The molecular formula is C14H21ClIN3O. The molecule has 112 valence electrons. The zero-order valence-corrected chi connectivity index (χ0v) is 14.5. The monoisotopic (exact) mass is 409 g/mol. The molecule has 0 aliphatic carbocycles. The van der Waals surface area contributed by atoms with Gasteiger partial charge in [-0.1, -0.05) is 11.6 Å². The van der Waals surface area contributed by atoms with Gasteiger partial charge in [0.25, 0.3) is 0 Å². The maximum absolute atomic E-state index is 5.95. The summed E-state index contributed by atoms with van der Waals surface area (Å²) in [6.07, 6.45) is 3.71. The minimum absolute atomic E-state index is 0. The van der Waals surface area contributed by atoms with Crippen LogP contribution in [0.2, 0.25) is 5.02 Å². The van der Waals surface area contributed by atoms with Crippen LogP contribution >= 0.6 is 35.6 Å². The van der Waals surface area contributed by atoms with Crippen molar-refractivity contribution in [3.05, 3.63) is 29.3 Å². The number of hydrogen-bond donors (Lipinski definition) is 1. The van der Waals surface area contributed by atoms with Crippen LogP contribution in [0.4, 0.5) is 0 Å². The van der Waals surface area contributed by atoms with Crippen LogP contribution in [0.3, 0.4) is 0 Å². The van der Waals surface area contributed by atoms with Crippen molar-refractivity contribution in [1.82, 2.24) is 4.90 Å². The van der Waals surface area contributed by atoms with Crippen molar-refractivity contribution in [2.24, 2.45) is 10.7 Å². The van der Waals surface area contributed by atoms with Crippen molar-refractivity contribution in [1.29, 1.82) is 0 Å². The Morgan fingerprint density at radius 3 is 2.50 bits per heavy atom. The van der Waals surface area contributed by atoms with E-state index < -0.39 is 0 Å². The van der Waals surface area contributed by atoms with Crippen LogP contribution in [0.25, 0.3) is 0 Å². The van der Waals surface area contributed by atoms with Crippen molar-refractivity contribution in [3.8, 4) is 5.75 Å². The maximum Gasteiger partial charge on any atom is 0.191 e. The van der Waals surface area contributed by atoms with Crippen LogP contribution in [-0.2, 0) is 0 Å². The molecule has 0 atom stereocenters. The lowest BCUT2D eigenvalue weighted by molar-refractivity contribution is 0.321. The van der Waals surface area contributed by atoms with Gasteiger partial charge in [0.1, 0.15) is 12.4 Å². The van der Waals surface area contributed by atoms with E-state index in [1.165, 1.54) is 19.3 Å². The Labute approximate surface area is 142 Å². The van der Waals surface area contributed by atoms with Crippen molar-refractivity contribution < 1.29 is 4.74 Å². The highest BCUT2D eigenvalue weighted by Crippen LogP contribution is 2.15. The summed E-state index contributed by atoms with van der Waals surface area (Å²) in [6, 6.07) is 7.31. The highest BCUT2D eigenvalue weighted by molar-refractivity contribution is 14.0. The Morgan fingerprint density at radius 2 is 1.85 bits per heavy atom. The van der Waals surface area contributed by atoms with Crippen LogP contribution in [0, 0.1) is 0 Å². The van der Waals surface area contributed by atoms with Gasteiger partial charge in [-0.05, 0) is 43.5 Å². The largest absolute Gasteiger partial charge is 0.492 e. The van der Waals surface area contributed by atoms with Gasteiger partial charge in [-0.15, -0.1) is 24.0 Å². The van der Waals surface area contributed by atoms with Crippen molar-refractivity contribution in [3.63, 3.8) is 0 Å². The summed E-state index contributed by atoms with van der Waals surface area (Å²) in [7, 11) is 0. The second kappa shape index (κ2) is 9.28. The Balaban J connectivity index is 0.00000200. The van der Waals surface area contributed by atoms with Gasteiger partial charge in [-0.25, -0.2) is 4.99 Å². The first-order chi connectivity index (χ1) is 9.25. The topological polar surface area (TPSA) is 50.9 Å². The molecular weight excluding hydrogens is 389 g/mol. The molecule has 1 aliphatic rings. The molecule has 0 unspecified atom stereocenters. The van der Waals surface area contributed by atoms with E-state index >= 15 is 0 Å². The predicted molar refractivity (Wildman–Crippen MR) is 94.3 cm³/mol. The fraction of sp³-hybridized carbons (Fsp3) is 0.500. The maximum atomic E-state index is 5.95. The van der Waals surface area contributed by atoms with Crippen LogP contribution < -0.4 is 10.5 Å². The van der Waals surface area contributed by atoms with E-state index in [0.29, 0.717) is 24.1 Å². The summed E-state index contributed by atoms with van der Waals surface area (Å²) >= 11 is 5.80. The van der Waals surface area contributed by atoms with E-state index in [9.17, 15) is 0 Å². The van der Waals surface area contributed by atoms with Crippen LogP contribution in [0.1, 0.15) is 19.3 Å². The Bertz CT molecular complexity index is 419. The van der Waals surface area contributed by atoms with Crippen molar-refractivity contribution in [2.45, 2.75) is 19.3 Å². The second-order valence-corrected chi connectivity index (χ2v) is 5.03. The van der Waals surface area contributed by atoms with Crippen molar-refractivity contribution in [2.75, 3.05) is 26.2 Å². The number of halogens is 2. The lowest BCUT2D eigenvalue weighted by Gasteiger charge is -2.27. The number of hydrogen-bond acceptors (Lipinski definition) is 2. The van der Waals surface area contributed by atoms with E-state index in [-0.39, 0.29) is 24.0 Å². The third-order valence-corrected chi connectivity index (χ3v) is 3.38. The molecule has 6 heteroatoms.